The zero-order chi connectivity index (χ0) is 18.7. The van der Waals surface area contributed by atoms with E-state index in [4.69, 9.17) is 4.74 Å². The van der Waals surface area contributed by atoms with E-state index in [0.717, 1.165) is 35.7 Å². The highest BCUT2D eigenvalue weighted by Gasteiger charge is 2.23. The molecular weight excluding hydrogens is 342 g/mol. The van der Waals surface area contributed by atoms with Crippen LogP contribution >= 0.6 is 0 Å². The first-order chi connectivity index (χ1) is 12.5. The highest BCUT2D eigenvalue weighted by molar-refractivity contribution is 5.95. The summed E-state index contributed by atoms with van der Waals surface area (Å²) in [6, 6.07) is 10.6. The number of benzene rings is 2. The summed E-state index contributed by atoms with van der Waals surface area (Å²) in [5.74, 6) is -0.636. The number of amides is 1. The number of ether oxygens (including phenoxy) is 1. The molecule has 1 N–H and O–H groups in total. The number of nitro benzene ring substituents is 2. The number of carbonyl (C=O) groups excluding carboxylic acids is 1. The number of nitrogens with zero attached hydrogens (tertiary/aromatic N) is 2. The third-order valence-corrected chi connectivity index (χ3v) is 4.13. The van der Waals surface area contributed by atoms with Crippen LogP contribution in [-0.2, 0) is 11.2 Å². The molecule has 0 radical (unpaired) electrons. The molecule has 0 fully saturated rings. The molecule has 0 saturated heterocycles. The van der Waals surface area contributed by atoms with E-state index in [1.807, 2.05) is 24.3 Å². The van der Waals surface area contributed by atoms with Crippen molar-refractivity contribution < 1.29 is 19.4 Å². The molecule has 2 aromatic carbocycles. The number of hydrogen-bond acceptors (Lipinski definition) is 6. The maximum Gasteiger partial charge on any atom is 0.277 e. The van der Waals surface area contributed by atoms with E-state index in [1.165, 1.54) is 0 Å². The summed E-state index contributed by atoms with van der Waals surface area (Å²) < 4.78 is 5.68. The second-order valence-corrected chi connectivity index (χ2v) is 5.77. The van der Waals surface area contributed by atoms with Crippen LogP contribution < -0.4 is 5.32 Å². The van der Waals surface area contributed by atoms with E-state index in [1.54, 1.807) is 0 Å². The second-order valence-electron chi connectivity index (χ2n) is 5.77. The molecule has 0 aliphatic carbocycles. The number of carbonyl (C=O) groups is 1. The van der Waals surface area contributed by atoms with Gasteiger partial charge in [0.05, 0.1) is 28.1 Å². The molecule has 1 aliphatic heterocycles. The van der Waals surface area contributed by atoms with Crippen molar-refractivity contribution in [2.24, 2.45) is 0 Å². The molecule has 0 spiro atoms. The standard InChI is InChI=1S/C17H15N3O6/c21-17(12-7-13(19(22)23)9-14(8-12)20(24)25)18-10-16-15-4-2-1-3-11(15)5-6-26-16/h1-4,7-9,16H,5-6,10H2,(H,18,21)/t16-/m0/s1. The Morgan fingerprint density at radius 3 is 2.42 bits per heavy atom. The zero-order valence-corrected chi connectivity index (χ0v) is 13.6. The summed E-state index contributed by atoms with van der Waals surface area (Å²) in [6.07, 6.45) is 0.454. The van der Waals surface area contributed by atoms with Gasteiger partial charge in [0, 0.05) is 18.7 Å². The summed E-state index contributed by atoms with van der Waals surface area (Å²) in [5.41, 5.74) is 0.954. The van der Waals surface area contributed by atoms with Crippen molar-refractivity contribution in [2.45, 2.75) is 12.5 Å². The molecule has 0 unspecified atom stereocenters. The number of fused-ring (bicyclic) bond motifs is 1. The average molecular weight is 357 g/mol. The fourth-order valence-electron chi connectivity index (χ4n) is 2.87. The third kappa shape index (κ3) is 3.67. The fourth-order valence-corrected chi connectivity index (χ4v) is 2.87. The van der Waals surface area contributed by atoms with E-state index in [2.05, 4.69) is 5.32 Å². The van der Waals surface area contributed by atoms with E-state index in [0.29, 0.717) is 6.61 Å². The van der Waals surface area contributed by atoms with Crippen LogP contribution in [0, 0.1) is 20.2 Å². The Bertz CT molecular complexity index is 850. The smallest absolute Gasteiger partial charge is 0.277 e. The van der Waals surface area contributed by atoms with Gasteiger partial charge in [0.2, 0.25) is 0 Å². The van der Waals surface area contributed by atoms with Gasteiger partial charge in [-0.3, -0.25) is 25.0 Å². The third-order valence-electron chi connectivity index (χ3n) is 4.13. The maximum absolute atomic E-state index is 12.3. The van der Waals surface area contributed by atoms with Crippen LogP contribution in [0.5, 0.6) is 0 Å². The number of rotatable bonds is 5. The molecule has 1 atom stereocenters. The van der Waals surface area contributed by atoms with Crippen molar-refractivity contribution in [2.75, 3.05) is 13.2 Å². The first-order valence-corrected chi connectivity index (χ1v) is 7.87. The van der Waals surface area contributed by atoms with Crippen LogP contribution in [0.2, 0.25) is 0 Å². The van der Waals surface area contributed by atoms with Crippen LogP contribution in [0.4, 0.5) is 11.4 Å². The van der Waals surface area contributed by atoms with Gasteiger partial charge in [0.1, 0.15) is 6.10 Å². The molecule has 1 heterocycles. The highest BCUT2D eigenvalue weighted by Crippen LogP contribution is 2.27. The second kappa shape index (κ2) is 7.28. The number of hydrogen-bond donors (Lipinski definition) is 1. The van der Waals surface area contributed by atoms with Gasteiger partial charge in [0.25, 0.3) is 17.3 Å². The highest BCUT2D eigenvalue weighted by atomic mass is 16.6. The molecule has 134 valence electrons. The topological polar surface area (TPSA) is 125 Å². The van der Waals surface area contributed by atoms with Gasteiger partial charge in [-0.15, -0.1) is 0 Å². The van der Waals surface area contributed by atoms with Gasteiger partial charge < -0.3 is 10.1 Å². The summed E-state index contributed by atoms with van der Waals surface area (Å²) in [6.45, 7) is 0.687. The maximum atomic E-state index is 12.3. The van der Waals surface area contributed by atoms with Gasteiger partial charge in [0.15, 0.2) is 0 Å². The number of nitro groups is 2. The minimum absolute atomic E-state index is 0.144. The Morgan fingerprint density at radius 2 is 1.77 bits per heavy atom. The van der Waals surface area contributed by atoms with Crippen LogP contribution in [-0.4, -0.2) is 28.9 Å². The molecule has 1 aliphatic rings. The molecule has 9 nitrogen and oxygen atoms in total. The number of nitrogens with one attached hydrogen (secondary N) is 1. The molecule has 0 bridgehead atoms. The van der Waals surface area contributed by atoms with E-state index >= 15 is 0 Å². The largest absolute Gasteiger partial charge is 0.371 e. The van der Waals surface area contributed by atoms with Gasteiger partial charge in [-0.05, 0) is 17.5 Å². The van der Waals surface area contributed by atoms with Crippen molar-refractivity contribution in [3.8, 4) is 0 Å². The lowest BCUT2D eigenvalue weighted by atomic mass is 9.97. The molecule has 0 aromatic heterocycles. The van der Waals surface area contributed by atoms with Crippen LogP contribution in [0.25, 0.3) is 0 Å². The van der Waals surface area contributed by atoms with E-state index in [-0.39, 0.29) is 18.2 Å². The summed E-state index contributed by atoms with van der Waals surface area (Å²) in [4.78, 5) is 32.6. The van der Waals surface area contributed by atoms with Crippen molar-refractivity contribution in [1.29, 1.82) is 0 Å². The quantitative estimate of drug-likeness (QED) is 0.647. The van der Waals surface area contributed by atoms with Crippen LogP contribution in [0.3, 0.4) is 0 Å². The summed E-state index contributed by atoms with van der Waals surface area (Å²) in [5, 5.41) is 24.5. The zero-order valence-electron chi connectivity index (χ0n) is 13.6. The molecule has 3 rings (SSSR count). The Kier molecular flexibility index (Phi) is 4.90. The van der Waals surface area contributed by atoms with Gasteiger partial charge in [-0.1, -0.05) is 24.3 Å². The Labute approximate surface area is 147 Å². The molecule has 2 aromatic rings. The molecule has 26 heavy (non-hydrogen) atoms. The SMILES string of the molecule is O=C(NC[C@@H]1OCCc2ccccc21)c1cc([N+](=O)[O-])cc([N+](=O)[O-])c1. The monoisotopic (exact) mass is 357 g/mol. The van der Waals surface area contributed by atoms with Gasteiger partial charge >= 0.3 is 0 Å². The van der Waals surface area contributed by atoms with E-state index < -0.39 is 27.1 Å². The number of non-ortho nitro benzene ring substituents is 2. The summed E-state index contributed by atoms with van der Waals surface area (Å²) >= 11 is 0. The van der Waals surface area contributed by atoms with Gasteiger partial charge in [-0.25, -0.2) is 0 Å². The Morgan fingerprint density at radius 1 is 1.12 bits per heavy atom. The lowest BCUT2D eigenvalue weighted by molar-refractivity contribution is -0.394. The predicted octanol–water partition coefficient (Wildman–Crippen LogP) is 2.55. The normalized spacial score (nSPS) is 15.8. The molecule has 1 amide bonds. The predicted molar refractivity (Wildman–Crippen MR) is 90.9 cm³/mol. The van der Waals surface area contributed by atoms with E-state index in [9.17, 15) is 25.0 Å². The van der Waals surface area contributed by atoms with Crippen molar-refractivity contribution in [3.63, 3.8) is 0 Å². The average Bonchev–Trinajstić information content (AvgIpc) is 2.65. The summed E-state index contributed by atoms with van der Waals surface area (Å²) in [7, 11) is 0. The van der Waals surface area contributed by atoms with Crippen molar-refractivity contribution >= 4 is 17.3 Å². The van der Waals surface area contributed by atoms with Crippen LogP contribution in [0.1, 0.15) is 27.6 Å². The Hall–Kier alpha value is -3.33. The molecule has 9 heteroatoms. The molecular formula is C17H15N3O6. The fraction of sp³-hybridized carbons (Fsp3) is 0.235. The lowest BCUT2D eigenvalue weighted by Crippen LogP contribution is -2.31. The Balaban J connectivity index is 1.77. The first kappa shape index (κ1) is 17.5. The lowest BCUT2D eigenvalue weighted by Gasteiger charge is -2.26. The van der Waals surface area contributed by atoms with Gasteiger partial charge in [-0.2, -0.15) is 0 Å². The van der Waals surface area contributed by atoms with Crippen molar-refractivity contribution in [1.82, 2.24) is 5.32 Å². The minimum atomic E-state index is -0.774. The first-order valence-electron chi connectivity index (χ1n) is 7.87. The van der Waals surface area contributed by atoms with Crippen molar-refractivity contribution in [3.05, 3.63) is 79.4 Å². The van der Waals surface area contributed by atoms with Crippen LogP contribution in [0.15, 0.2) is 42.5 Å². The molecule has 0 saturated carbocycles. The minimum Gasteiger partial charge on any atom is -0.371 e.